The van der Waals surface area contributed by atoms with Crippen LogP contribution in [0, 0.1) is 0 Å². The van der Waals surface area contributed by atoms with Gasteiger partial charge in [-0.1, -0.05) is 17.7 Å². The predicted octanol–water partition coefficient (Wildman–Crippen LogP) is 3.12. The van der Waals surface area contributed by atoms with Crippen molar-refractivity contribution in [3.05, 3.63) is 53.3 Å². The Bertz CT molecular complexity index is 716. The van der Waals surface area contributed by atoms with E-state index in [0.29, 0.717) is 22.3 Å². The molecule has 0 fully saturated rings. The number of hydrogen-bond donors (Lipinski definition) is 1. The molecule has 0 atom stereocenters. The van der Waals surface area contributed by atoms with Crippen LogP contribution in [-0.4, -0.2) is 17.7 Å². The number of halogens is 1. The Kier molecular flexibility index (Phi) is 3.75. The summed E-state index contributed by atoms with van der Waals surface area (Å²) in [6, 6.07) is 8.71. The van der Waals surface area contributed by atoms with Gasteiger partial charge in [-0.15, -0.1) is 0 Å². The monoisotopic (exact) mass is 302 g/mol. The average molecular weight is 303 g/mol. The topological polar surface area (TPSA) is 60.5 Å². The molecule has 21 heavy (non-hydrogen) atoms. The van der Waals surface area contributed by atoms with Gasteiger partial charge in [0.2, 0.25) is 12.7 Å². The fourth-order valence-electron chi connectivity index (χ4n) is 1.85. The van der Waals surface area contributed by atoms with Crippen LogP contribution in [0.25, 0.3) is 6.08 Å². The fraction of sp³-hybridized carbons (Fsp3) is 0.0667. The first-order valence-electron chi connectivity index (χ1n) is 6.21. The van der Waals surface area contributed by atoms with Crippen LogP contribution >= 0.6 is 11.6 Å². The molecule has 0 radical (unpaired) electrons. The maximum Gasteiger partial charge on any atom is 0.248 e. The van der Waals surface area contributed by atoms with E-state index in [1.807, 2.05) is 18.2 Å². The minimum absolute atomic E-state index is 0.228. The second-order valence-electron chi connectivity index (χ2n) is 4.30. The highest BCUT2D eigenvalue weighted by Gasteiger charge is 2.12. The molecule has 6 heteroatoms. The molecule has 0 saturated carbocycles. The Morgan fingerprint density at radius 1 is 1.24 bits per heavy atom. The molecule has 2 heterocycles. The molecule has 1 amide bonds. The van der Waals surface area contributed by atoms with Crippen LogP contribution in [0.4, 0.5) is 5.69 Å². The van der Waals surface area contributed by atoms with Crippen LogP contribution in [0.2, 0.25) is 5.15 Å². The Balaban J connectivity index is 1.67. The van der Waals surface area contributed by atoms with E-state index in [1.165, 1.54) is 12.3 Å². The standard InChI is InChI=1S/C15H11ClN2O3/c16-14-8-11(5-6-17-14)18-15(19)4-2-10-1-3-12-13(7-10)21-9-20-12/h1-8H,9H2,(H,17,18,19)/b4-2+. The quantitative estimate of drug-likeness (QED) is 0.699. The Morgan fingerprint density at radius 3 is 2.95 bits per heavy atom. The normalized spacial score (nSPS) is 12.6. The number of anilines is 1. The number of nitrogens with zero attached hydrogens (tertiary/aromatic N) is 1. The first kappa shape index (κ1) is 13.5. The summed E-state index contributed by atoms with van der Waals surface area (Å²) in [5.74, 6) is 1.14. The van der Waals surface area contributed by atoms with Gasteiger partial charge in [0.15, 0.2) is 11.5 Å². The number of rotatable bonds is 3. The third-order valence-electron chi connectivity index (χ3n) is 2.82. The molecule has 1 aromatic heterocycles. The highest BCUT2D eigenvalue weighted by Crippen LogP contribution is 2.32. The summed E-state index contributed by atoms with van der Waals surface area (Å²) in [6.07, 6.45) is 4.66. The number of carbonyl (C=O) groups is 1. The molecule has 1 aromatic carbocycles. The second kappa shape index (κ2) is 5.85. The summed E-state index contributed by atoms with van der Waals surface area (Å²) in [5, 5.41) is 3.03. The van der Waals surface area contributed by atoms with Crippen molar-refractivity contribution in [1.82, 2.24) is 4.98 Å². The number of nitrogens with one attached hydrogen (secondary N) is 1. The summed E-state index contributed by atoms with van der Waals surface area (Å²) >= 11 is 5.75. The van der Waals surface area contributed by atoms with Crippen LogP contribution in [0.3, 0.4) is 0 Å². The van der Waals surface area contributed by atoms with Crippen molar-refractivity contribution in [3.63, 3.8) is 0 Å². The largest absolute Gasteiger partial charge is 0.454 e. The summed E-state index contributed by atoms with van der Waals surface area (Å²) in [4.78, 5) is 15.7. The van der Waals surface area contributed by atoms with E-state index < -0.39 is 0 Å². The van der Waals surface area contributed by atoms with E-state index in [0.717, 1.165) is 5.56 Å². The molecule has 5 nitrogen and oxygen atoms in total. The minimum Gasteiger partial charge on any atom is -0.454 e. The van der Waals surface area contributed by atoms with Crippen LogP contribution in [0.1, 0.15) is 5.56 Å². The highest BCUT2D eigenvalue weighted by atomic mass is 35.5. The van der Waals surface area contributed by atoms with Crippen LogP contribution in [0.15, 0.2) is 42.6 Å². The Labute approximate surface area is 126 Å². The van der Waals surface area contributed by atoms with Crippen LogP contribution < -0.4 is 14.8 Å². The predicted molar refractivity (Wildman–Crippen MR) is 79.5 cm³/mol. The third-order valence-corrected chi connectivity index (χ3v) is 3.02. The van der Waals surface area contributed by atoms with E-state index in [9.17, 15) is 4.79 Å². The molecule has 0 aliphatic carbocycles. The maximum atomic E-state index is 11.8. The molecule has 106 valence electrons. The van der Waals surface area contributed by atoms with Gasteiger partial charge in [-0.2, -0.15) is 0 Å². The molecular formula is C15H11ClN2O3. The first-order chi connectivity index (χ1) is 10.2. The lowest BCUT2D eigenvalue weighted by Crippen LogP contribution is -2.07. The van der Waals surface area contributed by atoms with Crippen molar-refractivity contribution >= 4 is 29.3 Å². The molecular weight excluding hydrogens is 292 g/mol. The van der Waals surface area contributed by atoms with Crippen molar-refractivity contribution < 1.29 is 14.3 Å². The maximum absolute atomic E-state index is 11.8. The van der Waals surface area contributed by atoms with Crippen molar-refractivity contribution in [2.45, 2.75) is 0 Å². The van der Waals surface area contributed by atoms with E-state index in [1.54, 1.807) is 18.2 Å². The number of hydrogen-bond acceptors (Lipinski definition) is 4. The van der Waals surface area contributed by atoms with Gasteiger partial charge in [-0.25, -0.2) is 4.98 Å². The van der Waals surface area contributed by atoms with Crippen LogP contribution in [0.5, 0.6) is 11.5 Å². The number of ether oxygens (including phenoxy) is 2. The zero-order chi connectivity index (χ0) is 14.7. The number of carbonyl (C=O) groups excluding carboxylic acids is 1. The highest BCUT2D eigenvalue weighted by molar-refractivity contribution is 6.29. The Morgan fingerprint density at radius 2 is 2.10 bits per heavy atom. The van der Waals surface area contributed by atoms with Gasteiger partial charge in [0, 0.05) is 18.0 Å². The molecule has 0 bridgehead atoms. The van der Waals surface area contributed by atoms with E-state index in [4.69, 9.17) is 21.1 Å². The summed E-state index contributed by atoms with van der Waals surface area (Å²) in [7, 11) is 0. The lowest BCUT2D eigenvalue weighted by molar-refractivity contribution is -0.111. The lowest BCUT2D eigenvalue weighted by Gasteiger charge is -2.01. The smallest absolute Gasteiger partial charge is 0.248 e. The summed E-state index contributed by atoms with van der Waals surface area (Å²) in [5.41, 5.74) is 1.44. The molecule has 2 aromatic rings. The number of amides is 1. The summed E-state index contributed by atoms with van der Waals surface area (Å²) in [6.45, 7) is 0.228. The van der Waals surface area contributed by atoms with E-state index >= 15 is 0 Å². The van der Waals surface area contributed by atoms with E-state index in [-0.39, 0.29) is 12.7 Å². The molecule has 0 saturated heterocycles. The third kappa shape index (κ3) is 3.32. The molecule has 0 unspecified atom stereocenters. The first-order valence-corrected chi connectivity index (χ1v) is 6.59. The molecule has 0 spiro atoms. The van der Waals surface area contributed by atoms with Gasteiger partial charge in [0.05, 0.1) is 0 Å². The minimum atomic E-state index is -0.255. The van der Waals surface area contributed by atoms with Gasteiger partial charge in [-0.3, -0.25) is 4.79 Å². The van der Waals surface area contributed by atoms with Crippen molar-refractivity contribution in [2.24, 2.45) is 0 Å². The zero-order valence-electron chi connectivity index (χ0n) is 10.9. The van der Waals surface area contributed by atoms with Crippen molar-refractivity contribution in [3.8, 4) is 11.5 Å². The van der Waals surface area contributed by atoms with E-state index in [2.05, 4.69) is 10.3 Å². The molecule has 3 rings (SSSR count). The lowest BCUT2D eigenvalue weighted by atomic mass is 10.2. The average Bonchev–Trinajstić information content (AvgIpc) is 2.92. The second-order valence-corrected chi connectivity index (χ2v) is 4.69. The number of benzene rings is 1. The van der Waals surface area contributed by atoms with Crippen LogP contribution in [-0.2, 0) is 4.79 Å². The SMILES string of the molecule is O=C(/C=C/c1ccc2c(c1)OCO2)Nc1ccnc(Cl)c1. The van der Waals surface area contributed by atoms with Gasteiger partial charge >= 0.3 is 0 Å². The number of aromatic nitrogens is 1. The fourth-order valence-corrected chi connectivity index (χ4v) is 2.03. The zero-order valence-corrected chi connectivity index (χ0v) is 11.6. The van der Waals surface area contributed by atoms with Gasteiger partial charge in [-0.05, 0) is 35.9 Å². The van der Waals surface area contributed by atoms with Gasteiger partial charge in [0.1, 0.15) is 5.15 Å². The van der Waals surface area contributed by atoms with Gasteiger partial charge < -0.3 is 14.8 Å². The molecule has 1 aliphatic rings. The number of pyridine rings is 1. The Hall–Kier alpha value is -2.53. The van der Waals surface area contributed by atoms with Crippen molar-refractivity contribution in [2.75, 3.05) is 12.1 Å². The molecule has 1 N–H and O–H groups in total. The van der Waals surface area contributed by atoms with Crippen molar-refractivity contribution in [1.29, 1.82) is 0 Å². The van der Waals surface area contributed by atoms with Gasteiger partial charge in [0.25, 0.3) is 0 Å². The number of fused-ring (bicyclic) bond motifs is 1. The summed E-state index contributed by atoms with van der Waals surface area (Å²) < 4.78 is 10.5. The molecule has 1 aliphatic heterocycles.